The number of para-hydroxylation sites is 4. The van der Waals surface area contributed by atoms with Gasteiger partial charge in [0.1, 0.15) is 11.0 Å². The summed E-state index contributed by atoms with van der Waals surface area (Å²) >= 11 is 0. The molecule has 0 radical (unpaired) electrons. The Morgan fingerprint density at radius 1 is 0.395 bits per heavy atom. The van der Waals surface area contributed by atoms with Crippen LogP contribution >= 0.6 is 0 Å². The van der Waals surface area contributed by atoms with Gasteiger partial charge in [0.15, 0.2) is 11.2 Å². The molecule has 0 aliphatic rings. The van der Waals surface area contributed by atoms with Gasteiger partial charge in [-0.25, -0.2) is 9.97 Å². The van der Waals surface area contributed by atoms with Crippen LogP contribution in [-0.2, 0) is 0 Å². The first kappa shape index (κ1) is 20.9. The monoisotopic (exact) mass is 488 g/mol. The normalized spacial score (nSPS) is 11.7. The van der Waals surface area contributed by atoms with E-state index in [4.69, 9.17) is 18.8 Å². The topological polar surface area (TPSA) is 52.1 Å². The molecule has 38 heavy (non-hydrogen) atoms. The smallest absolute Gasteiger partial charge is 0.227 e. The second kappa shape index (κ2) is 8.15. The molecule has 0 amide bonds. The highest BCUT2D eigenvalue weighted by molar-refractivity contribution is 6.08. The fourth-order valence-corrected chi connectivity index (χ4v) is 5.21. The molecule has 178 valence electrons. The third-order valence-corrected chi connectivity index (χ3v) is 7.09. The van der Waals surface area contributed by atoms with Gasteiger partial charge in [-0.15, -0.1) is 0 Å². The Kier molecular flexibility index (Phi) is 4.49. The first-order valence-electron chi connectivity index (χ1n) is 12.6. The second-order valence-corrected chi connectivity index (χ2v) is 9.50. The number of fused-ring (bicyclic) bond motifs is 5. The van der Waals surface area contributed by atoms with Gasteiger partial charge < -0.3 is 8.83 Å². The van der Waals surface area contributed by atoms with Crippen LogP contribution in [0.3, 0.4) is 0 Å². The molecule has 0 bridgehead atoms. The average Bonchev–Trinajstić information content (AvgIpc) is 3.61. The second-order valence-electron chi connectivity index (χ2n) is 9.50. The molecule has 0 N–H and O–H groups in total. The molecule has 0 saturated carbocycles. The lowest BCUT2D eigenvalue weighted by Crippen LogP contribution is -1.87. The Morgan fingerprint density at radius 2 is 0.921 bits per heavy atom. The van der Waals surface area contributed by atoms with E-state index in [1.165, 1.54) is 21.5 Å². The van der Waals surface area contributed by atoms with Crippen LogP contribution in [0.5, 0.6) is 0 Å². The van der Waals surface area contributed by atoms with Gasteiger partial charge in [-0.05, 0) is 81.2 Å². The molecule has 8 aromatic rings. The summed E-state index contributed by atoms with van der Waals surface area (Å²) in [4.78, 5) is 9.54. The Balaban J connectivity index is 1.37. The number of oxazole rings is 2. The van der Waals surface area contributed by atoms with Crippen molar-refractivity contribution in [3.8, 4) is 34.0 Å². The van der Waals surface area contributed by atoms with E-state index < -0.39 is 0 Å². The zero-order valence-corrected chi connectivity index (χ0v) is 20.3. The van der Waals surface area contributed by atoms with Crippen molar-refractivity contribution >= 4 is 43.7 Å². The number of nitrogens with zero attached hydrogens (tertiary/aromatic N) is 2. The molecule has 0 aliphatic carbocycles. The number of benzene rings is 6. The Morgan fingerprint density at radius 3 is 1.58 bits per heavy atom. The molecule has 4 nitrogen and oxygen atoms in total. The van der Waals surface area contributed by atoms with Gasteiger partial charge in [0, 0.05) is 11.1 Å². The fourth-order valence-electron chi connectivity index (χ4n) is 5.21. The number of aromatic nitrogens is 2. The van der Waals surface area contributed by atoms with E-state index in [-0.39, 0.29) is 0 Å². The summed E-state index contributed by atoms with van der Waals surface area (Å²) in [5.41, 5.74) is 7.05. The summed E-state index contributed by atoms with van der Waals surface area (Å²) in [6.07, 6.45) is 0. The molecular weight excluding hydrogens is 468 g/mol. The van der Waals surface area contributed by atoms with Crippen molar-refractivity contribution in [1.29, 1.82) is 0 Å². The van der Waals surface area contributed by atoms with Crippen molar-refractivity contribution < 1.29 is 8.83 Å². The Labute approximate surface area is 217 Å². The lowest BCUT2D eigenvalue weighted by Gasteiger charge is -2.10. The van der Waals surface area contributed by atoms with Crippen LogP contribution in [-0.4, -0.2) is 9.97 Å². The molecule has 2 aromatic heterocycles. The van der Waals surface area contributed by atoms with Gasteiger partial charge in [0.25, 0.3) is 0 Å². The third-order valence-electron chi connectivity index (χ3n) is 7.09. The van der Waals surface area contributed by atoms with E-state index in [0.29, 0.717) is 11.8 Å². The summed E-state index contributed by atoms with van der Waals surface area (Å²) in [7, 11) is 0. The van der Waals surface area contributed by atoms with E-state index in [0.717, 1.165) is 44.5 Å². The van der Waals surface area contributed by atoms with E-state index in [1.54, 1.807) is 0 Å². The molecule has 0 unspecified atom stereocenters. The highest BCUT2D eigenvalue weighted by Crippen LogP contribution is 2.36. The van der Waals surface area contributed by atoms with E-state index in [1.807, 2.05) is 54.6 Å². The Hall–Kier alpha value is -5.22. The molecule has 4 heteroatoms. The molecule has 0 spiro atoms. The first-order chi connectivity index (χ1) is 18.8. The molecule has 0 aliphatic heterocycles. The maximum atomic E-state index is 6.16. The molecule has 2 heterocycles. The largest absolute Gasteiger partial charge is 0.436 e. The van der Waals surface area contributed by atoms with Crippen LogP contribution in [0.25, 0.3) is 77.8 Å². The Bertz CT molecular complexity index is 1990. The summed E-state index contributed by atoms with van der Waals surface area (Å²) in [6.45, 7) is 0. The molecular formula is C34H20N2O2. The van der Waals surface area contributed by atoms with E-state index in [9.17, 15) is 0 Å². The van der Waals surface area contributed by atoms with Crippen LogP contribution in [0.15, 0.2) is 130 Å². The van der Waals surface area contributed by atoms with Crippen LogP contribution in [0.4, 0.5) is 0 Å². The number of hydrogen-bond donors (Lipinski definition) is 0. The highest BCUT2D eigenvalue weighted by atomic mass is 16.4. The number of rotatable bonds is 3. The molecule has 6 aromatic carbocycles. The summed E-state index contributed by atoms with van der Waals surface area (Å²) in [6, 6.07) is 41.4. The summed E-state index contributed by atoms with van der Waals surface area (Å²) in [5, 5.41) is 4.89. The molecule has 8 rings (SSSR count). The maximum Gasteiger partial charge on any atom is 0.227 e. The van der Waals surface area contributed by atoms with Crippen molar-refractivity contribution in [2.45, 2.75) is 0 Å². The minimum atomic E-state index is 0.566. The fraction of sp³-hybridized carbons (Fsp3) is 0. The van der Waals surface area contributed by atoms with Crippen molar-refractivity contribution in [3.63, 3.8) is 0 Å². The van der Waals surface area contributed by atoms with Crippen LogP contribution in [0, 0.1) is 0 Å². The van der Waals surface area contributed by atoms with E-state index in [2.05, 4.69) is 66.7 Å². The maximum absolute atomic E-state index is 6.16. The zero-order chi connectivity index (χ0) is 25.1. The van der Waals surface area contributed by atoms with Crippen LogP contribution < -0.4 is 0 Å². The SMILES string of the molecule is c1ccc2c(c1)ccc1ccc(-c3cc(-c4nc5ccccc5o4)cc(-c4nc5ccccc5o4)c3)cc12. The first-order valence-corrected chi connectivity index (χ1v) is 12.6. The molecule has 0 saturated heterocycles. The lowest BCUT2D eigenvalue weighted by atomic mass is 9.95. The third kappa shape index (κ3) is 3.39. The minimum Gasteiger partial charge on any atom is -0.436 e. The van der Waals surface area contributed by atoms with Crippen LogP contribution in [0.2, 0.25) is 0 Å². The summed E-state index contributed by atoms with van der Waals surface area (Å²) < 4.78 is 12.3. The van der Waals surface area contributed by atoms with Gasteiger partial charge in [-0.2, -0.15) is 0 Å². The van der Waals surface area contributed by atoms with Crippen molar-refractivity contribution in [3.05, 3.63) is 121 Å². The molecule has 0 atom stereocenters. The highest BCUT2D eigenvalue weighted by Gasteiger charge is 2.16. The average molecular weight is 489 g/mol. The van der Waals surface area contributed by atoms with Crippen molar-refractivity contribution in [2.24, 2.45) is 0 Å². The number of hydrogen-bond acceptors (Lipinski definition) is 4. The summed E-state index contributed by atoms with van der Waals surface area (Å²) in [5.74, 6) is 1.13. The van der Waals surface area contributed by atoms with Gasteiger partial charge in [0.05, 0.1) is 0 Å². The molecule has 0 fully saturated rings. The van der Waals surface area contributed by atoms with Crippen LogP contribution in [0.1, 0.15) is 0 Å². The van der Waals surface area contributed by atoms with Crippen molar-refractivity contribution in [2.75, 3.05) is 0 Å². The quantitative estimate of drug-likeness (QED) is 0.233. The predicted molar refractivity (Wildman–Crippen MR) is 153 cm³/mol. The zero-order valence-electron chi connectivity index (χ0n) is 20.3. The van der Waals surface area contributed by atoms with Gasteiger partial charge in [-0.1, -0.05) is 72.8 Å². The van der Waals surface area contributed by atoms with E-state index >= 15 is 0 Å². The van der Waals surface area contributed by atoms with Gasteiger partial charge in [0.2, 0.25) is 11.8 Å². The van der Waals surface area contributed by atoms with Gasteiger partial charge in [-0.3, -0.25) is 0 Å². The standard InChI is InChI=1S/C34H20N2O2/c1-2-8-27-21(7-1)13-14-22-15-16-23(20-28(22)27)24-17-25(33-35-29-9-3-5-11-31(29)37-33)19-26(18-24)34-36-30-10-4-6-12-32(30)38-34/h1-20H. The van der Waals surface area contributed by atoms with Gasteiger partial charge >= 0.3 is 0 Å². The lowest BCUT2D eigenvalue weighted by molar-refractivity contribution is 0.617. The predicted octanol–water partition coefficient (Wildman–Crippen LogP) is 9.28. The van der Waals surface area contributed by atoms with Crippen molar-refractivity contribution in [1.82, 2.24) is 9.97 Å². The minimum absolute atomic E-state index is 0.566.